The number of rotatable bonds is 12. The number of carbonyl (C=O) groups is 4. The van der Waals surface area contributed by atoms with Gasteiger partial charge in [-0.15, -0.1) is 0 Å². The predicted molar refractivity (Wildman–Crippen MR) is 234 cm³/mol. The van der Waals surface area contributed by atoms with Crippen molar-refractivity contribution in [1.82, 2.24) is 40.4 Å². The number of hydrogen-bond donors (Lipinski definition) is 4. The lowest BCUT2D eigenvalue weighted by Crippen LogP contribution is -2.54. The van der Waals surface area contributed by atoms with Crippen molar-refractivity contribution in [3.63, 3.8) is 0 Å². The summed E-state index contributed by atoms with van der Waals surface area (Å²) in [6.45, 7) is 8.81. The Morgan fingerprint density at radius 2 is 1.63 bits per heavy atom. The molecule has 5 heterocycles. The van der Waals surface area contributed by atoms with Crippen molar-refractivity contribution in [2.45, 2.75) is 89.9 Å². The van der Waals surface area contributed by atoms with Crippen molar-refractivity contribution in [3.8, 4) is 28.1 Å². The molecule has 0 radical (unpaired) electrons. The molecule has 17 nitrogen and oxygen atoms in total. The predicted octanol–water partition coefficient (Wildman–Crippen LogP) is 6.39. The van der Waals surface area contributed by atoms with Gasteiger partial charge in [-0.1, -0.05) is 32.0 Å². The monoisotopic (exact) mass is 864 g/mol. The molecule has 334 valence electrons. The zero-order valence-electron chi connectivity index (χ0n) is 36.9. The van der Waals surface area contributed by atoms with Crippen LogP contribution in [0.5, 0.6) is 5.75 Å². The van der Waals surface area contributed by atoms with Gasteiger partial charge < -0.3 is 54.1 Å². The van der Waals surface area contributed by atoms with E-state index in [-0.39, 0.29) is 35.7 Å². The molecule has 2 aromatic heterocycles. The fourth-order valence-corrected chi connectivity index (χ4v) is 9.44. The van der Waals surface area contributed by atoms with Crippen LogP contribution in [0.3, 0.4) is 0 Å². The zero-order valence-corrected chi connectivity index (χ0v) is 36.9. The van der Waals surface area contributed by atoms with Crippen LogP contribution in [-0.2, 0) is 35.1 Å². The summed E-state index contributed by atoms with van der Waals surface area (Å²) in [5.74, 6) is 1.55. The Kier molecular flexibility index (Phi) is 12.3. The third-order valence-corrected chi connectivity index (χ3v) is 12.9. The van der Waals surface area contributed by atoms with E-state index in [4.69, 9.17) is 33.7 Å². The first-order valence-electron chi connectivity index (χ1n) is 21.4. The van der Waals surface area contributed by atoms with Gasteiger partial charge >= 0.3 is 12.2 Å². The summed E-state index contributed by atoms with van der Waals surface area (Å²) in [6, 6.07) is 12.1. The SMILES string of the molecule is COC[C@H]1C[C@@H](c2nc3ccc4cc5c(cc4c3[nH]2)OCc2cc(-c3cnc([C@@H]4CC[C@H](C)N4C(=O)[C@@H](NC(=O)OC)C(C)C)[nH]3)ccc2-5)N(C(=O)C(NC(=O)OC)[C@@H](C)OC)C1. The van der Waals surface area contributed by atoms with Gasteiger partial charge in [0.05, 0.1) is 61.9 Å². The minimum atomic E-state index is -0.970. The van der Waals surface area contributed by atoms with Crippen molar-refractivity contribution in [2.75, 3.05) is 41.6 Å². The number of alkyl carbamates (subject to hydrolysis) is 2. The summed E-state index contributed by atoms with van der Waals surface area (Å²) in [6.07, 6.45) is 2.02. The maximum Gasteiger partial charge on any atom is 0.407 e. The number of hydrogen-bond acceptors (Lipinski definition) is 11. The molecular weight excluding hydrogens is 809 g/mol. The van der Waals surface area contributed by atoms with Crippen molar-refractivity contribution in [3.05, 3.63) is 65.9 Å². The van der Waals surface area contributed by atoms with E-state index in [0.29, 0.717) is 37.8 Å². The Bertz CT molecular complexity index is 2540. The molecule has 63 heavy (non-hydrogen) atoms. The number of carbonyl (C=O) groups excluding carboxylic acids is 4. The normalized spacial score (nSPS) is 20.8. The minimum Gasteiger partial charge on any atom is -0.488 e. The van der Waals surface area contributed by atoms with Crippen molar-refractivity contribution in [1.29, 1.82) is 0 Å². The Morgan fingerprint density at radius 1 is 0.873 bits per heavy atom. The second kappa shape index (κ2) is 17.9. The van der Waals surface area contributed by atoms with Gasteiger partial charge in [0.1, 0.15) is 36.1 Å². The van der Waals surface area contributed by atoms with E-state index >= 15 is 0 Å². The molecular formula is C46H56N8O9. The highest BCUT2D eigenvalue weighted by Crippen LogP contribution is 2.44. The number of amides is 4. The summed E-state index contributed by atoms with van der Waals surface area (Å²) < 4.78 is 27.1. The first-order valence-corrected chi connectivity index (χ1v) is 21.4. The molecule has 3 aromatic carbocycles. The lowest BCUT2D eigenvalue weighted by atomic mass is 9.92. The van der Waals surface area contributed by atoms with Gasteiger partial charge in [-0.25, -0.2) is 19.6 Å². The first kappa shape index (κ1) is 43.4. The van der Waals surface area contributed by atoms with E-state index in [9.17, 15) is 19.2 Å². The molecule has 0 aliphatic carbocycles. The maximum atomic E-state index is 14.1. The highest BCUT2D eigenvalue weighted by molar-refractivity contribution is 6.07. The summed E-state index contributed by atoms with van der Waals surface area (Å²) in [4.78, 5) is 72.8. The zero-order chi connectivity index (χ0) is 44.7. The molecule has 3 aliphatic heterocycles. The topological polar surface area (TPSA) is 202 Å². The number of nitrogens with one attached hydrogen (secondary N) is 4. The number of ether oxygens (including phenoxy) is 5. The van der Waals surface area contributed by atoms with E-state index in [2.05, 4.69) is 50.9 Å². The van der Waals surface area contributed by atoms with Crippen molar-refractivity contribution in [2.24, 2.45) is 11.8 Å². The quantitative estimate of drug-likeness (QED) is 0.108. The summed E-state index contributed by atoms with van der Waals surface area (Å²) in [7, 11) is 5.68. The number of nitrogens with zero attached hydrogens (tertiary/aromatic N) is 4. The van der Waals surface area contributed by atoms with Crippen LogP contribution in [0.2, 0.25) is 0 Å². The Hall–Kier alpha value is -6.20. The Balaban J connectivity index is 1.05. The maximum absolute atomic E-state index is 14.1. The van der Waals surface area contributed by atoms with E-state index in [0.717, 1.165) is 68.3 Å². The third kappa shape index (κ3) is 8.26. The first-order chi connectivity index (χ1) is 30.3. The van der Waals surface area contributed by atoms with Crippen LogP contribution in [-0.4, -0.2) is 120 Å². The number of imidazole rings is 2. The molecule has 4 N–H and O–H groups in total. The molecule has 0 spiro atoms. The van der Waals surface area contributed by atoms with Gasteiger partial charge in [0.2, 0.25) is 11.8 Å². The number of likely N-dealkylation sites (tertiary alicyclic amines) is 2. The molecule has 7 atom stereocenters. The van der Waals surface area contributed by atoms with E-state index in [1.54, 1.807) is 25.1 Å². The second-order valence-electron chi connectivity index (χ2n) is 17.2. The number of H-pyrrole nitrogens is 2. The molecule has 8 rings (SSSR count). The number of benzene rings is 3. The number of aromatic amines is 2. The fourth-order valence-electron chi connectivity index (χ4n) is 9.44. The van der Waals surface area contributed by atoms with Crippen LogP contribution in [0.4, 0.5) is 9.59 Å². The standard InChI is InChI=1S/C46H56N8O9/c1-23(2)38(51-45(57)61-7)44(56)54-24(3)9-14-35(54)41-47-19-34(49-41)28-10-12-30-29(16-28)22-63-37-18-31-27(17-32(30)37)11-13-33-40(31)50-42(48-33)36-15-26(21-59-5)20-53(36)43(55)39(25(4)60-6)52-46(58)62-8/h10-13,16-19,23-26,35-36,38-39H,9,14-15,20-22H2,1-8H3,(H,47,49)(H,48,50)(H,51,57)(H,52,58)/t24-,25+,26-,35-,36-,38-,39?/m0/s1. The van der Waals surface area contributed by atoms with Crippen LogP contribution >= 0.6 is 0 Å². The summed E-state index contributed by atoms with van der Waals surface area (Å²) in [5, 5.41) is 7.31. The van der Waals surface area contributed by atoms with Crippen LogP contribution in [0.25, 0.3) is 44.2 Å². The van der Waals surface area contributed by atoms with Crippen LogP contribution in [0.1, 0.15) is 76.3 Å². The molecule has 17 heteroatoms. The van der Waals surface area contributed by atoms with Crippen molar-refractivity contribution < 1.29 is 42.9 Å². The molecule has 0 bridgehead atoms. The van der Waals surface area contributed by atoms with Crippen LogP contribution in [0, 0.1) is 11.8 Å². The largest absolute Gasteiger partial charge is 0.488 e. The van der Waals surface area contributed by atoms with Crippen molar-refractivity contribution >= 4 is 45.8 Å². The van der Waals surface area contributed by atoms with E-state index in [1.807, 2.05) is 37.8 Å². The fraction of sp³-hybridized carbons (Fsp3) is 0.478. The number of methoxy groups -OCH3 is 4. The molecule has 5 aromatic rings. The Labute approximate surface area is 365 Å². The molecule has 0 saturated carbocycles. The molecule has 4 amide bonds. The highest BCUT2D eigenvalue weighted by atomic mass is 16.5. The van der Waals surface area contributed by atoms with Gasteiger partial charge in [-0.2, -0.15) is 0 Å². The lowest BCUT2D eigenvalue weighted by Gasteiger charge is -2.32. The van der Waals surface area contributed by atoms with Gasteiger partial charge in [0.15, 0.2) is 0 Å². The number of aromatic nitrogens is 4. The Morgan fingerprint density at radius 3 is 2.35 bits per heavy atom. The highest BCUT2D eigenvalue weighted by Gasteiger charge is 2.43. The molecule has 1 unspecified atom stereocenters. The van der Waals surface area contributed by atoms with E-state index < -0.39 is 36.4 Å². The van der Waals surface area contributed by atoms with Gasteiger partial charge in [0, 0.05) is 43.7 Å². The minimum absolute atomic E-state index is 0.0242. The molecule has 3 aliphatic rings. The number of fused-ring (bicyclic) bond motifs is 6. The average Bonchev–Trinajstić information content (AvgIpc) is 4.11. The molecule has 2 saturated heterocycles. The van der Waals surface area contributed by atoms with Crippen LogP contribution in [0.15, 0.2) is 48.7 Å². The van der Waals surface area contributed by atoms with Gasteiger partial charge in [-0.05, 0) is 85.4 Å². The summed E-state index contributed by atoms with van der Waals surface area (Å²) >= 11 is 0. The summed E-state index contributed by atoms with van der Waals surface area (Å²) in [5.41, 5.74) is 6.43. The van der Waals surface area contributed by atoms with Gasteiger partial charge in [0.25, 0.3) is 0 Å². The molecule has 2 fully saturated rings. The van der Waals surface area contributed by atoms with Gasteiger partial charge in [-0.3, -0.25) is 9.59 Å². The third-order valence-electron chi connectivity index (χ3n) is 12.9. The van der Waals surface area contributed by atoms with E-state index in [1.165, 1.54) is 21.3 Å². The van der Waals surface area contributed by atoms with Crippen LogP contribution < -0.4 is 15.4 Å². The smallest absolute Gasteiger partial charge is 0.407 e. The lowest BCUT2D eigenvalue weighted by molar-refractivity contribution is -0.138. The average molecular weight is 865 g/mol. The second-order valence-corrected chi connectivity index (χ2v) is 17.2.